The van der Waals surface area contributed by atoms with Crippen LogP contribution in [0, 0.1) is 5.92 Å². The Balaban J connectivity index is 2.11. The van der Waals surface area contributed by atoms with Crippen LogP contribution in [0.3, 0.4) is 0 Å². The molecule has 120 valence electrons. The third kappa shape index (κ3) is 3.96. The van der Waals surface area contributed by atoms with Gasteiger partial charge in [-0.3, -0.25) is 9.88 Å². The average molecular weight is 306 g/mol. The van der Waals surface area contributed by atoms with E-state index in [0.29, 0.717) is 19.4 Å². The van der Waals surface area contributed by atoms with Crippen LogP contribution in [0.2, 0.25) is 0 Å². The van der Waals surface area contributed by atoms with Gasteiger partial charge in [0, 0.05) is 18.9 Å². The van der Waals surface area contributed by atoms with Crippen LogP contribution >= 0.6 is 0 Å². The first-order valence-corrected chi connectivity index (χ1v) is 7.39. The monoisotopic (exact) mass is 306 g/mol. The van der Waals surface area contributed by atoms with Gasteiger partial charge < -0.3 is 9.84 Å². The number of rotatable bonds is 3. The van der Waals surface area contributed by atoms with Gasteiger partial charge in [-0.2, -0.15) is 0 Å². The first-order valence-electron chi connectivity index (χ1n) is 7.39. The molecule has 0 aliphatic carbocycles. The van der Waals surface area contributed by atoms with E-state index in [2.05, 4.69) is 4.98 Å². The minimum Gasteiger partial charge on any atom is -0.480 e. The van der Waals surface area contributed by atoms with Gasteiger partial charge in [-0.05, 0) is 51.2 Å². The van der Waals surface area contributed by atoms with Crippen molar-refractivity contribution in [1.82, 2.24) is 9.88 Å². The van der Waals surface area contributed by atoms with Gasteiger partial charge >= 0.3 is 12.1 Å². The number of carbonyl (C=O) groups is 2. The van der Waals surface area contributed by atoms with E-state index in [1.165, 1.54) is 4.90 Å². The van der Waals surface area contributed by atoms with Crippen LogP contribution in [-0.2, 0) is 16.0 Å². The van der Waals surface area contributed by atoms with Crippen LogP contribution in [0.1, 0.15) is 32.8 Å². The lowest BCUT2D eigenvalue weighted by Gasteiger charge is -2.28. The normalized spacial score (nSPS) is 21.7. The number of hydrogen-bond donors (Lipinski definition) is 1. The van der Waals surface area contributed by atoms with Crippen LogP contribution in [0.25, 0.3) is 0 Å². The molecule has 2 atom stereocenters. The second-order valence-electron chi connectivity index (χ2n) is 6.57. The van der Waals surface area contributed by atoms with Crippen molar-refractivity contribution >= 4 is 12.1 Å². The number of likely N-dealkylation sites (tertiary alicyclic amines) is 1. The number of nitrogens with zero attached hydrogens (tertiary/aromatic N) is 2. The number of aliphatic carboxylic acids is 1. The Labute approximate surface area is 130 Å². The molecular weight excluding hydrogens is 284 g/mol. The Hall–Kier alpha value is -2.11. The highest BCUT2D eigenvalue weighted by molar-refractivity contribution is 5.81. The lowest BCUT2D eigenvalue weighted by Crippen LogP contribution is -2.45. The summed E-state index contributed by atoms with van der Waals surface area (Å²) in [5, 5.41) is 9.51. The van der Waals surface area contributed by atoms with Gasteiger partial charge in [-0.15, -0.1) is 0 Å². The van der Waals surface area contributed by atoms with E-state index in [4.69, 9.17) is 4.74 Å². The second kappa shape index (κ2) is 6.34. The van der Waals surface area contributed by atoms with E-state index in [0.717, 1.165) is 5.56 Å². The Kier molecular flexibility index (Phi) is 4.68. The Morgan fingerprint density at radius 3 is 2.73 bits per heavy atom. The molecule has 1 aliphatic heterocycles. The number of hydrogen-bond acceptors (Lipinski definition) is 4. The molecule has 6 nitrogen and oxygen atoms in total. The summed E-state index contributed by atoms with van der Waals surface area (Å²) in [7, 11) is 0. The summed E-state index contributed by atoms with van der Waals surface area (Å²) in [6.45, 7) is 5.70. The predicted octanol–water partition coefficient (Wildman–Crippen LogP) is 2.33. The van der Waals surface area contributed by atoms with E-state index in [-0.39, 0.29) is 5.92 Å². The number of amides is 1. The van der Waals surface area contributed by atoms with Crippen LogP contribution in [0.15, 0.2) is 24.5 Å². The SMILES string of the molecule is CC(C)(C)OC(=O)N1CC[C@@H](Cc2cccnc2)[C@@H]1C(=O)O. The number of aromatic nitrogens is 1. The molecule has 1 saturated heterocycles. The molecule has 0 unspecified atom stereocenters. The van der Waals surface area contributed by atoms with Crippen LogP contribution < -0.4 is 0 Å². The summed E-state index contributed by atoms with van der Waals surface area (Å²) in [4.78, 5) is 29.2. The van der Waals surface area contributed by atoms with Crippen molar-refractivity contribution in [2.45, 2.75) is 45.3 Å². The maximum Gasteiger partial charge on any atom is 0.411 e. The number of pyridine rings is 1. The second-order valence-corrected chi connectivity index (χ2v) is 6.57. The maximum absolute atomic E-state index is 12.2. The van der Waals surface area contributed by atoms with Crippen molar-refractivity contribution in [1.29, 1.82) is 0 Å². The molecule has 22 heavy (non-hydrogen) atoms. The Morgan fingerprint density at radius 2 is 2.18 bits per heavy atom. The number of carboxylic acids is 1. The molecule has 6 heteroatoms. The molecule has 1 aromatic heterocycles. The summed E-state index contributed by atoms with van der Waals surface area (Å²) in [5.74, 6) is -1.12. The number of carbonyl (C=O) groups excluding carboxylic acids is 1. The van der Waals surface area contributed by atoms with E-state index in [1.54, 1.807) is 33.2 Å². The summed E-state index contributed by atoms with van der Waals surface area (Å²) in [6, 6.07) is 2.89. The Bertz CT molecular complexity index is 539. The fourth-order valence-corrected chi connectivity index (χ4v) is 2.75. The largest absolute Gasteiger partial charge is 0.480 e. The van der Waals surface area contributed by atoms with E-state index in [1.807, 2.05) is 12.1 Å². The third-order valence-electron chi connectivity index (χ3n) is 3.62. The Morgan fingerprint density at radius 1 is 1.45 bits per heavy atom. The predicted molar refractivity (Wildman–Crippen MR) is 80.4 cm³/mol. The smallest absolute Gasteiger partial charge is 0.411 e. The molecular formula is C16H22N2O4. The third-order valence-corrected chi connectivity index (χ3v) is 3.62. The van der Waals surface area contributed by atoms with Gasteiger partial charge in [0.25, 0.3) is 0 Å². The molecule has 0 spiro atoms. The molecule has 1 aromatic rings. The van der Waals surface area contributed by atoms with Gasteiger partial charge in [0.15, 0.2) is 0 Å². The highest BCUT2D eigenvalue weighted by atomic mass is 16.6. The van der Waals surface area contributed by atoms with Crippen molar-refractivity contribution in [2.24, 2.45) is 5.92 Å². The van der Waals surface area contributed by atoms with Crippen molar-refractivity contribution in [3.05, 3.63) is 30.1 Å². The topological polar surface area (TPSA) is 79.7 Å². The molecule has 0 bridgehead atoms. The minimum atomic E-state index is -0.989. The molecule has 1 fully saturated rings. The molecule has 0 saturated carbocycles. The summed E-state index contributed by atoms with van der Waals surface area (Å²) in [6.07, 6.45) is 4.08. The quantitative estimate of drug-likeness (QED) is 0.927. The van der Waals surface area contributed by atoms with Gasteiger partial charge in [0.2, 0.25) is 0 Å². The van der Waals surface area contributed by atoms with Crippen molar-refractivity contribution < 1.29 is 19.4 Å². The fourth-order valence-electron chi connectivity index (χ4n) is 2.75. The molecule has 2 rings (SSSR count). The summed E-state index contributed by atoms with van der Waals surface area (Å²) >= 11 is 0. The lowest BCUT2D eigenvalue weighted by atomic mass is 9.93. The van der Waals surface area contributed by atoms with Crippen LogP contribution in [0.5, 0.6) is 0 Å². The summed E-state index contributed by atoms with van der Waals surface area (Å²) < 4.78 is 5.31. The number of carboxylic acid groups (broad SMARTS) is 1. The molecule has 1 aliphatic rings. The molecule has 0 radical (unpaired) electrons. The van der Waals surface area contributed by atoms with Crippen molar-refractivity contribution in [2.75, 3.05) is 6.54 Å². The fraction of sp³-hybridized carbons (Fsp3) is 0.562. The highest BCUT2D eigenvalue weighted by Gasteiger charge is 2.43. The highest BCUT2D eigenvalue weighted by Crippen LogP contribution is 2.29. The maximum atomic E-state index is 12.2. The molecule has 0 aromatic carbocycles. The van der Waals surface area contributed by atoms with Gasteiger partial charge in [0.1, 0.15) is 11.6 Å². The standard InChI is InChI=1S/C16H22N2O4/c1-16(2,3)22-15(21)18-8-6-12(13(18)14(19)20)9-11-5-4-7-17-10-11/h4-5,7,10,12-13H,6,8-9H2,1-3H3,(H,19,20)/t12-,13+/m0/s1. The molecule has 1 N–H and O–H groups in total. The van der Waals surface area contributed by atoms with Gasteiger partial charge in [-0.25, -0.2) is 9.59 Å². The van der Waals surface area contributed by atoms with Crippen LogP contribution in [0.4, 0.5) is 4.79 Å². The molecule has 1 amide bonds. The van der Waals surface area contributed by atoms with E-state index in [9.17, 15) is 14.7 Å². The van der Waals surface area contributed by atoms with E-state index >= 15 is 0 Å². The average Bonchev–Trinajstić information content (AvgIpc) is 2.82. The van der Waals surface area contributed by atoms with Gasteiger partial charge in [0.05, 0.1) is 0 Å². The lowest BCUT2D eigenvalue weighted by molar-refractivity contribution is -0.143. The summed E-state index contributed by atoms with van der Waals surface area (Å²) in [5.41, 5.74) is 0.339. The van der Waals surface area contributed by atoms with Gasteiger partial charge in [-0.1, -0.05) is 6.07 Å². The van der Waals surface area contributed by atoms with Crippen molar-refractivity contribution in [3.8, 4) is 0 Å². The first kappa shape index (κ1) is 16.3. The van der Waals surface area contributed by atoms with Crippen LogP contribution in [-0.4, -0.2) is 45.2 Å². The zero-order chi connectivity index (χ0) is 16.3. The zero-order valence-electron chi connectivity index (χ0n) is 13.2. The zero-order valence-corrected chi connectivity index (χ0v) is 13.2. The first-order chi connectivity index (χ1) is 10.3. The number of ether oxygens (including phenoxy) is 1. The molecule has 2 heterocycles. The minimum absolute atomic E-state index is 0.130. The van der Waals surface area contributed by atoms with Crippen molar-refractivity contribution in [3.63, 3.8) is 0 Å². The van der Waals surface area contributed by atoms with E-state index < -0.39 is 23.7 Å².